The summed E-state index contributed by atoms with van der Waals surface area (Å²) in [4.78, 5) is 13.8. The van der Waals surface area contributed by atoms with E-state index in [9.17, 15) is 4.79 Å². The second-order valence-electron chi connectivity index (χ2n) is 3.01. The number of hydrogen-bond donors (Lipinski definition) is 3. The third-order valence-electron chi connectivity index (χ3n) is 2.19. The summed E-state index contributed by atoms with van der Waals surface area (Å²) in [5.41, 5.74) is 1.56. The first kappa shape index (κ1) is 8.77. The molecule has 14 heavy (non-hydrogen) atoms. The number of benzene rings is 1. The smallest absolute Gasteiger partial charge is 0.336 e. The molecule has 0 aliphatic carbocycles. The molecule has 0 bridgehead atoms. The van der Waals surface area contributed by atoms with Crippen molar-refractivity contribution in [3.05, 3.63) is 35.5 Å². The Balaban J connectivity index is 2.81. The molecule has 0 spiro atoms. The van der Waals surface area contributed by atoms with Gasteiger partial charge in [0.1, 0.15) is 0 Å². The van der Waals surface area contributed by atoms with E-state index in [-0.39, 0.29) is 12.2 Å². The van der Waals surface area contributed by atoms with E-state index in [2.05, 4.69) is 4.98 Å². The van der Waals surface area contributed by atoms with E-state index in [1.165, 1.54) is 6.07 Å². The molecule has 0 atom stereocenters. The highest BCUT2D eigenvalue weighted by molar-refractivity contribution is 6.04. The topological polar surface area (TPSA) is 73.3 Å². The van der Waals surface area contributed by atoms with Crippen molar-refractivity contribution in [3.63, 3.8) is 0 Å². The Bertz CT molecular complexity index is 487. The lowest BCUT2D eigenvalue weighted by molar-refractivity contribution is 0.0699. The number of aliphatic hydroxyl groups is 1. The first-order valence-electron chi connectivity index (χ1n) is 4.17. The van der Waals surface area contributed by atoms with Crippen LogP contribution in [0.15, 0.2) is 24.4 Å². The molecule has 0 saturated heterocycles. The Morgan fingerprint density at radius 3 is 2.86 bits per heavy atom. The van der Waals surface area contributed by atoms with Crippen molar-refractivity contribution in [3.8, 4) is 0 Å². The molecular weight excluding hydrogens is 182 g/mol. The van der Waals surface area contributed by atoms with Crippen molar-refractivity contribution in [1.82, 2.24) is 4.98 Å². The third-order valence-corrected chi connectivity index (χ3v) is 2.19. The number of nitrogens with one attached hydrogen (secondary N) is 1. The number of H-pyrrole nitrogens is 1. The van der Waals surface area contributed by atoms with Crippen LogP contribution in [0.5, 0.6) is 0 Å². The highest BCUT2D eigenvalue weighted by Crippen LogP contribution is 2.22. The van der Waals surface area contributed by atoms with Crippen molar-refractivity contribution >= 4 is 16.9 Å². The molecular formula is C10H9NO3. The standard InChI is InChI=1S/C10H9NO3/c12-5-6-4-11-8-3-1-2-7(9(6)8)10(13)14/h1-4,11-12H,5H2,(H,13,14). The van der Waals surface area contributed by atoms with E-state index in [1.807, 2.05) is 0 Å². The van der Waals surface area contributed by atoms with Gasteiger partial charge in [0.15, 0.2) is 0 Å². The summed E-state index contributed by atoms with van der Waals surface area (Å²) in [5, 5.41) is 18.5. The molecule has 4 heteroatoms. The zero-order chi connectivity index (χ0) is 10.1. The molecule has 0 aliphatic heterocycles. The minimum Gasteiger partial charge on any atom is -0.478 e. The maximum Gasteiger partial charge on any atom is 0.336 e. The van der Waals surface area contributed by atoms with Gasteiger partial charge in [-0.1, -0.05) is 6.07 Å². The van der Waals surface area contributed by atoms with E-state index >= 15 is 0 Å². The Morgan fingerprint density at radius 2 is 2.21 bits per heavy atom. The lowest BCUT2D eigenvalue weighted by atomic mass is 10.1. The maximum atomic E-state index is 10.9. The number of aromatic amines is 1. The van der Waals surface area contributed by atoms with E-state index in [0.717, 1.165) is 5.52 Å². The fraction of sp³-hybridized carbons (Fsp3) is 0.100. The first-order valence-corrected chi connectivity index (χ1v) is 4.17. The number of aromatic nitrogens is 1. The molecule has 0 unspecified atom stereocenters. The fourth-order valence-corrected chi connectivity index (χ4v) is 1.56. The van der Waals surface area contributed by atoms with Gasteiger partial charge in [0, 0.05) is 22.7 Å². The van der Waals surface area contributed by atoms with Gasteiger partial charge >= 0.3 is 5.97 Å². The maximum absolute atomic E-state index is 10.9. The van der Waals surface area contributed by atoms with Crippen LogP contribution in [0, 0.1) is 0 Å². The first-order chi connectivity index (χ1) is 6.74. The summed E-state index contributed by atoms with van der Waals surface area (Å²) in [7, 11) is 0. The molecule has 2 aromatic rings. The Kier molecular flexibility index (Phi) is 1.98. The molecule has 4 nitrogen and oxygen atoms in total. The number of carbonyl (C=O) groups is 1. The lowest BCUT2D eigenvalue weighted by Crippen LogP contribution is -1.97. The van der Waals surface area contributed by atoms with Gasteiger partial charge in [0.2, 0.25) is 0 Å². The Hall–Kier alpha value is -1.81. The summed E-state index contributed by atoms with van der Waals surface area (Å²) in [6.07, 6.45) is 1.62. The summed E-state index contributed by atoms with van der Waals surface area (Å²) in [6, 6.07) is 4.97. The Labute approximate surface area is 79.8 Å². The number of carboxylic acid groups (broad SMARTS) is 1. The van der Waals surface area contributed by atoms with Crippen LogP contribution in [-0.2, 0) is 6.61 Å². The van der Waals surface area contributed by atoms with E-state index in [0.29, 0.717) is 10.9 Å². The molecule has 0 saturated carbocycles. The molecule has 0 fully saturated rings. The second-order valence-corrected chi connectivity index (χ2v) is 3.01. The van der Waals surface area contributed by atoms with Crippen LogP contribution in [0.4, 0.5) is 0 Å². The van der Waals surface area contributed by atoms with Crippen LogP contribution >= 0.6 is 0 Å². The normalized spacial score (nSPS) is 10.6. The average molecular weight is 191 g/mol. The highest BCUT2D eigenvalue weighted by atomic mass is 16.4. The van der Waals surface area contributed by atoms with Gasteiger partial charge in [-0.25, -0.2) is 4.79 Å². The zero-order valence-electron chi connectivity index (χ0n) is 7.32. The number of aliphatic hydroxyl groups excluding tert-OH is 1. The fourth-order valence-electron chi connectivity index (χ4n) is 1.56. The third kappa shape index (κ3) is 1.16. The van der Waals surface area contributed by atoms with Crippen molar-refractivity contribution < 1.29 is 15.0 Å². The number of fused-ring (bicyclic) bond motifs is 1. The van der Waals surface area contributed by atoms with Crippen molar-refractivity contribution in [2.45, 2.75) is 6.61 Å². The van der Waals surface area contributed by atoms with E-state index in [1.54, 1.807) is 18.3 Å². The molecule has 72 valence electrons. The van der Waals surface area contributed by atoms with Crippen LogP contribution in [0.3, 0.4) is 0 Å². The predicted molar refractivity (Wildman–Crippen MR) is 51.2 cm³/mol. The van der Waals surface area contributed by atoms with Crippen LogP contribution in [0.25, 0.3) is 10.9 Å². The van der Waals surface area contributed by atoms with Gasteiger partial charge in [-0.15, -0.1) is 0 Å². The molecule has 1 aromatic carbocycles. The van der Waals surface area contributed by atoms with Crippen LogP contribution in [-0.4, -0.2) is 21.2 Å². The summed E-state index contributed by atoms with van der Waals surface area (Å²) in [5.74, 6) is -0.982. The minimum absolute atomic E-state index is 0.162. The van der Waals surface area contributed by atoms with Crippen LogP contribution in [0.2, 0.25) is 0 Å². The summed E-state index contributed by atoms with van der Waals surface area (Å²) >= 11 is 0. The van der Waals surface area contributed by atoms with Crippen LogP contribution in [0.1, 0.15) is 15.9 Å². The van der Waals surface area contributed by atoms with E-state index in [4.69, 9.17) is 10.2 Å². The van der Waals surface area contributed by atoms with Crippen molar-refractivity contribution in [1.29, 1.82) is 0 Å². The molecule has 1 heterocycles. The number of aromatic carboxylic acids is 1. The molecule has 0 amide bonds. The SMILES string of the molecule is O=C(O)c1cccc2[nH]cc(CO)c12. The molecule has 0 aliphatic rings. The van der Waals surface area contributed by atoms with Crippen LogP contribution < -0.4 is 0 Å². The molecule has 1 aromatic heterocycles. The molecule has 2 rings (SSSR count). The predicted octanol–water partition coefficient (Wildman–Crippen LogP) is 1.36. The van der Waals surface area contributed by atoms with Gasteiger partial charge in [-0.05, 0) is 12.1 Å². The summed E-state index contributed by atoms with van der Waals surface area (Å²) in [6.45, 7) is -0.162. The van der Waals surface area contributed by atoms with Gasteiger partial charge < -0.3 is 15.2 Å². The average Bonchev–Trinajstić information content (AvgIpc) is 2.59. The quantitative estimate of drug-likeness (QED) is 0.671. The monoisotopic (exact) mass is 191 g/mol. The van der Waals surface area contributed by atoms with Crippen molar-refractivity contribution in [2.75, 3.05) is 0 Å². The number of hydrogen-bond acceptors (Lipinski definition) is 2. The number of carboxylic acids is 1. The van der Waals surface area contributed by atoms with E-state index < -0.39 is 5.97 Å². The Morgan fingerprint density at radius 1 is 1.43 bits per heavy atom. The largest absolute Gasteiger partial charge is 0.478 e. The minimum atomic E-state index is -0.982. The van der Waals surface area contributed by atoms with Gasteiger partial charge in [-0.3, -0.25) is 0 Å². The van der Waals surface area contributed by atoms with Gasteiger partial charge in [0.05, 0.1) is 12.2 Å². The second kappa shape index (κ2) is 3.16. The van der Waals surface area contributed by atoms with Gasteiger partial charge in [-0.2, -0.15) is 0 Å². The zero-order valence-corrected chi connectivity index (χ0v) is 7.32. The summed E-state index contributed by atoms with van der Waals surface area (Å²) < 4.78 is 0. The van der Waals surface area contributed by atoms with Crippen molar-refractivity contribution in [2.24, 2.45) is 0 Å². The highest BCUT2D eigenvalue weighted by Gasteiger charge is 2.12. The lowest BCUT2D eigenvalue weighted by Gasteiger charge is -1.99. The number of rotatable bonds is 2. The molecule has 0 radical (unpaired) electrons. The van der Waals surface area contributed by atoms with Gasteiger partial charge in [0.25, 0.3) is 0 Å². The molecule has 3 N–H and O–H groups in total.